The maximum Gasteiger partial charge on any atom is 0.310 e. The number of hydrogen-bond acceptors (Lipinski definition) is 8. The van der Waals surface area contributed by atoms with Gasteiger partial charge in [-0.05, 0) is 23.8 Å². The van der Waals surface area contributed by atoms with Gasteiger partial charge in [-0.25, -0.2) is 0 Å². The zero-order valence-corrected chi connectivity index (χ0v) is 18.4. The molecule has 0 aromatic heterocycles. The lowest BCUT2D eigenvalue weighted by Gasteiger charge is -2.33. The first kappa shape index (κ1) is 22.3. The predicted octanol–water partition coefficient (Wildman–Crippen LogP) is 3.24. The van der Waals surface area contributed by atoms with E-state index in [9.17, 15) is 9.59 Å². The lowest BCUT2D eigenvalue weighted by Crippen LogP contribution is -2.33. The van der Waals surface area contributed by atoms with Gasteiger partial charge in [0, 0.05) is 23.5 Å². The minimum atomic E-state index is -0.755. The van der Waals surface area contributed by atoms with Gasteiger partial charge in [-0.2, -0.15) is 0 Å². The molecule has 8 heteroatoms. The molecule has 166 valence electrons. The van der Waals surface area contributed by atoms with E-state index in [1.165, 1.54) is 35.5 Å². The molecule has 1 aliphatic carbocycles. The van der Waals surface area contributed by atoms with E-state index in [1.54, 1.807) is 25.3 Å². The van der Waals surface area contributed by atoms with Gasteiger partial charge in [0.15, 0.2) is 28.8 Å². The van der Waals surface area contributed by atoms with E-state index in [4.69, 9.17) is 28.4 Å². The molecular formula is C23H26O8. The Kier molecular flexibility index (Phi) is 6.58. The molecule has 2 aromatic rings. The molecule has 2 aromatic carbocycles. The van der Waals surface area contributed by atoms with Crippen molar-refractivity contribution in [3.63, 3.8) is 0 Å². The van der Waals surface area contributed by atoms with Crippen LogP contribution in [0.5, 0.6) is 28.7 Å². The molecule has 0 radical (unpaired) electrons. The van der Waals surface area contributed by atoms with E-state index >= 15 is 0 Å². The Morgan fingerprint density at radius 3 is 2.00 bits per heavy atom. The Bertz CT molecular complexity index is 998. The van der Waals surface area contributed by atoms with E-state index in [0.717, 1.165) is 5.56 Å². The number of carbonyl (C=O) groups excluding carboxylic acids is 2. The zero-order chi connectivity index (χ0) is 22.7. The summed E-state index contributed by atoms with van der Waals surface area (Å²) in [6.07, 6.45) is -0.0165. The summed E-state index contributed by atoms with van der Waals surface area (Å²) >= 11 is 0. The van der Waals surface area contributed by atoms with Crippen LogP contribution in [-0.4, -0.2) is 54.4 Å². The summed E-state index contributed by atoms with van der Waals surface area (Å²) in [6, 6.07) is 7.00. The molecule has 0 heterocycles. The number of hydrogen-bond donors (Lipinski definition) is 0. The van der Waals surface area contributed by atoms with Crippen LogP contribution in [0, 0.1) is 5.92 Å². The molecule has 0 fully saturated rings. The number of fused-ring (bicyclic) bond motifs is 1. The quantitative estimate of drug-likeness (QED) is 0.619. The summed E-state index contributed by atoms with van der Waals surface area (Å²) in [7, 11) is 8.84. The van der Waals surface area contributed by atoms with Crippen molar-refractivity contribution in [2.75, 3.05) is 42.7 Å². The summed E-state index contributed by atoms with van der Waals surface area (Å²) in [5, 5.41) is 0. The maximum absolute atomic E-state index is 13.0. The van der Waals surface area contributed by atoms with E-state index in [1.807, 2.05) is 6.07 Å². The summed E-state index contributed by atoms with van der Waals surface area (Å²) in [5.74, 6) is 0.0933. The van der Waals surface area contributed by atoms with Gasteiger partial charge in [0.2, 0.25) is 5.75 Å². The second kappa shape index (κ2) is 9.16. The molecule has 0 saturated heterocycles. The van der Waals surface area contributed by atoms with Crippen LogP contribution >= 0.6 is 0 Å². The first-order valence-corrected chi connectivity index (χ1v) is 9.61. The summed E-state index contributed by atoms with van der Waals surface area (Å²) in [6.45, 7) is 0. The molecule has 0 N–H and O–H groups in total. The average Bonchev–Trinajstić information content (AvgIpc) is 2.81. The second-order valence-corrected chi connectivity index (χ2v) is 6.96. The fraction of sp³-hybridized carbons (Fsp3) is 0.391. The molecule has 0 bridgehead atoms. The van der Waals surface area contributed by atoms with Crippen LogP contribution in [0.1, 0.15) is 33.8 Å². The molecule has 31 heavy (non-hydrogen) atoms. The first-order valence-electron chi connectivity index (χ1n) is 9.61. The highest BCUT2D eigenvalue weighted by Crippen LogP contribution is 2.52. The molecular weight excluding hydrogens is 404 g/mol. The Labute approximate surface area is 181 Å². The van der Waals surface area contributed by atoms with Crippen LogP contribution in [-0.2, 0) is 9.53 Å². The van der Waals surface area contributed by atoms with Crippen LogP contribution in [0.25, 0.3) is 0 Å². The number of ether oxygens (including phenoxy) is 6. The lowest BCUT2D eigenvalue weighted by molar-refractivity contribution is -0.146. The highest BCUT2D eigenvalue weighted by atomic mass is 16.5. The van der Waals surface area contributed by atoms with Crippen molar-refractivity contribution in [2.45, 2.75) is 12.3 Å². The Balaban J connectivity index is 2.36. The standard InChI is InChI=1S/C23H26O8/c1-26-16-8-7-12(9-17(16)27-2)19-14(23(25)31-6)10-15(24)13-11-18(28-3)21(29-4)22(30-5)20(13)19/h7-9,11,14,19H,10H2,1-6H3/t14-,19+/m1/s1. The number of methoxy groups -OCH3 is 6. The highest BCUT2D eigenvalue weighted by molar-refractivity contribution is 6.03. The van der Waals surface area contributed by atoms with Crippen LogP contribution in [0.2, 0.25) is 0 Å². The third-order valence-electron chi connectivity index (χ3n) is 5.56. The second-order valence-electron chi connectivity index (χ2n) is 6.96. The minimum absolute atomic E-state index is 0.0165. The molecule has 2 atom stereocenters. The normalized spacial score (nSPS) is 17.4. The van der Waals surface area contributed by atoms with Crippen molar-refractivity contribution in [1.82, 2.24) is 0 Å². The van der Waals surface area contributed by atoms with Crippen molar-refractivity contribution < 1.29 is 38.0 Å². The fourth-order valence-corrected chi connectivity index (χ4v) is 4.16. The van der Waals surface area contributed by atoms with Crippen molar-refractivity contribution in [3.8, 4) is 28.7 Å². The van der Waals surface area contributed by atoms with Gasteiger partial charge in [-0.15, -0.1) is 0 Å². The van der Waals surface area contributed by atoms with Crippen LogP contribution < -0.4 is 23.7 Å². The summed E-state index contributed by atoms with van der Waals surface area (Å²) in [4.78, 5) is 25.8. The number of benzene rings is 2. The first-order chi connectivity index (χ1) is 14.9. The molecule has 1 aliphatic rings. The third kappa shape index (κ3) is 3.73. The van der Waals surface area contributed by atoms with Gasteiger partial charge in [-0.1, -0.05) is 6.07 Å². The van der Waals surface area contributed by atoms with Crippen LogP contribution in [0.4, 0.5) is 0 Å². The average molecular weight is 430 g/mol. The molecule has 0 spiro atoms. The zero-order valence-electron chi connectivity index (χ0n) is 18.4. The summed E-state index contributed by atoms with van der Waals surface area (Å²) in [5.41, 5.74) is 1.70. The number of ketones is 1. The van der Waals surface area contributed by atoms with Gasteiger partial charge >= 0.3 is 5.97 Å². The lowest BCUT2D eigenvalue weighted by atomic mass is 9.70. The van der Waals surface area contributed by atoms with E-state index < -0.39 is 17.8 Å². The largest absolute Gasteiger partial charge is 0.493 e. The van der Waals surface area contributed by atoms with Crippen molar-refractivity contribution in [1.29, 1.82) is 0 Å². The maximum atomic E-state index is 13.0. The van der Waals surface area contributed by atoms with E-state index in [2.05, 4.69) is 0 Å². The van der Waals surface area contributed by atoms with Crippen molar-refractivity contribution >= 4 is 11.8 Å². The molecule has 8 nitrogen and oxygen atoms in total. The Morgan fingerprint density at radius 2 is 1.45 bits per heavy atom. The van der Waals surface area contributed by atoms with Gasteiger partial charge in [0.05, 0.1) is 48.6 Å². The highest BCUT2D eigenvalue weighted by Gasteiger charge is 2.43. The van der Waals surface area contributed by atoms with Gasteiger partial charge < -0.3 is 28.4 Å². The van der Waals surface area contributed by atoms with Gasteiger partial charge in [0.1, 0.15) is 0 Å². The number of carbonyl (C=O) groups is 2. The summed E-state index contributed by atoms with van der Waals surface area (Å²) < 4.78 is 32.4. The SMILES string of the molecule is COC(=O)[C@@H]1CC(=O)c2cc(OC)c(OC)c(OC)c2[C@H]1c1ccc(OC)c(OC)c1. The van der Waals surface area contributed by atoms with Crippen molar-refractivity contribution in [2.24, 2.45) is 5.92 Å². The Hall–Kier alpha value is -3.42. The molecule has 0 aliphatic heterocycles. The van der Waals surface area contributed by atoms with Crippen molar-refractivity contribution in [3.05, 3.63) is 41.0 Å². The number of Topliss-reactive ketones (excluding diaryl/α,β-unsaturated/α-hetero) is 1. The Morgan fingerprint density at radius 1 is 0.806 bits per heavy atom. The predicted molar refractivity (Wildman–Crippen MR) is 112 cm³/mol. The topological polar surface area (TPSA) is 89.5 Å². The van der Waals surface area contributed by atoms with E-state index in [0.29, 0.717) is 39.9 Å². The van der Waals surface area contributed by atoms with Gasteiger partial charge in [0.25, 0.3) is 0 Å². The van der Waals surface area contributed by atoms with Crippen LogP contribution in [0.3, 0.4) is 0 Å². The monoisotopic (exact) mass is 430 g/mol. The number of esters is 1. The smallest absolute Gasteiger partial charge is 0.310 e. The fourth-order valence-electron chi connectivity index (χ4n) is 4.16. The third-order valence-corrected chi connectivity index (χ3v) is 5.56. The molecule has 0 unspecified atom stereocenters. The van der Waals surface area contributed by atoms with E-state index in [-0.39, 0.29) is 12.2 Å². The van der Waals surface area contributed by atoms with Gasteiger partial charge in [-0.3, -0.25) is 9.59 Å². The van der Waals surface area contributed by atoms with Crippen LogP contribution in [0.15, 0.2) is 24.3 Å². The molecule has 3 rings (SSSR count). The molecule has 0 amide bonds. The minimum Gasteiger partial charge on any atom is -0.493 e. The number of rotatable bonds is 7. The molecule has 0 saturated carbocycles.